The Bertz CT molecular complexity index is 570. The molecule has 0 bridgehead atoms. The number of rotatable bonds is 45. The summed E-state index contributed by atoms with van der Waals surface area (Å²) in [5, 5.41) is 0. The molecule has 0 aromatic heterocycles. The second-order valence-corrected chi connectivity index (χ2v) is 11.9. The van der Waals surface area contributed by atoms with E-state index in [0.29, 0.717) is 119 Å². The van der Waals surface area contributed by atoms with Gasteiger partial charge in [0.15, 0.2) is 0 Å². The predicted octanol–water partition coefficient (Wildman–Crippen LogP) is 7.56. The molecule has 0 saturated heterocycles. The highest BCUT2D eigenvalue weighted by atomic mass is 16.6. The van der Waals surface area contributed by atoms with Gasteiger partial charge in [-0.15, -0.1) is 0 Å². The highest BCUT2D eigenvalue weighted by molar-refractivity contribution is 4.50. The van der Waals surface area contributed by atoms with Crippen LogP contribution >= 0.6 is 0 Å². The molecule has 0 aliphatic carbocycles. The molecule has 0 heterocycles. The van der Waals surface area contributed by atoms with Crippen molar-refractivity contribution in [3.05, 3.63) is 12.8 Å². The third kappa shape index (κ3) is 45.2. The van der Waals surface area contributed by atoms with Gasteiger partial charge in [0.25, 0.3) is 0 Å². The van der Waals surface area contributed by atoms with Crippen LogP contribution in [0.2, 0.25) is 0 Å². The number of hydrogen-bond acceptors (Lipinski definition) is 10. The second-order valence-electron chi connectivity index (χ2n) is 11.9. The molecule has 0 spiro atoms. The van der Waals surface area contributed by atoms with Crippen molar-refractivity contribution in [1.82, 2.24) is 0 Å². The summed E-state index contributed by atoms with van der Waals surface area (Å²) >= 11 is 0. The van der Waals surface area contributed by atoms with Crippen LogP contribution < -0.4 is 0 Å². The van der Waals surface area contributed by atoms with Gasteiger partial charge in [0.05, 0.1) is 119 Å². The molecule has 10 nitrogen and oxygen atoms in total. The van der Waals surface area contributed by atoms with Crippen molar-refractivity contribution in [2.24, 2.45) is 0 Å². The van der Waals surface area contributed by atoms with Crippen LogP contribution in [-0.2, 0) is 47.4 Å². The first-order valence-corrected chi connectivity index (χ1v) is 19.3. The van der Waals surface area contributed by atoms with Gasteiger partial charge in [0.2, 0.25) is 0 Å². The summed E-state index contributed by atoms with van der Waals surface area (Å²) in [5.41, 5.74) is 0. The summed E-state index contributed by atoms with van der Waals surface area (Å²) in [5.74, 6) is 0. The normalized spacial score (nSPS) is 11.4. The van der Waals surface area contributed by atoms with E-state index in [9.17, 15) is 0 Å². The van der Waals surface area contributed by atoms with Crippen LogP contribution in [-0.4, -0.2) is 126 Å². The molecule has 10 heteroatoms. The van der Waals surface area contributed by atoms with Gasteiger partial charge in [0, 0.05) is 6.61 Å². The first-order valence-electron chi connectivity index (χ1n) is 19.3. The van der Waals surface area contributed by atoms with E-state index in [-0.39, 0.29) is 0 Å². The minimum atomic E-state index is 0.508. The van der Waals surface area contributed by atoms with E-state index >= 15 is 0 Å². The summed E-state index contributed by atoms with van der Waals surface area (Å²) in [6.45, 7) is 16.4. The second kappa shape index (κ2) is 46.2. The molecule has 0 fully saturated rings. The summed E-state index contributed by atoms with van der Waals surface area (Å²) in [7, 11) is 0. The molecule has 0 aliphatic heterocycles. The molecule has 48 heavy (non-hydrogen) atoms. The highest BCUT2D eigenvalue weighted by Gasteiger charge is 1.97. The van der Waals surface area contributed by atoms with Crippen molar-refractivity contribution >= 4 is 0 Å². The molecule has 288 valence electrons. The van der Waals surface area contributed by atoms with Crippen molar-refractivity contribution < 1.29 is 47.4 Å². The van der Waals surface area contributed by atoms with Crippen LogP contribution in [0.25, 0.3) is 0 Å². The average molecular weight is 693 g/mol. The zero-order chi connectivity index (χ0) is 34.5. The Kier molecular flexibility index (Phi) is 45.4. The molecule has 0 aliphatic rings. The maximum atomic E-state index is 5.69. The zero-order valence-electron chi connectivity index (χ0n) is 31.1. The molecule has 0 N–H and O–H groups in total. The van der Waals surface area contributed by atoms with Gasteiger partial charge in [-0.2, -0.15) is 0 Å². The highest BCUT2D eigenvalue weighted by Crippen LogP contribution is 2.13. The van der Waals surface area contributed by atoms with E-state index in [1.54, 1.807) is 0 Å². The topological polar surface area (TPSA) is 92.3 Å². The lowest BCUT2D eigenvalue weighted by molar-refractivity contribution is -0.0256. The molecular weight excluding hydrogens is 616 g/mol. The van der Waals surface area contributed by atoms with Gasteiger partial charge in [-0.3, -0.25) is 0 Å². The number of unbranched alkanes of at least 4 members (excludes halogenated alkanes) is 15. The molecule has 0 unspecified atom stereocenters. The van der Waals surface area contributed by atoms with Crippen molar-refractivity contribution in [1.29, 1.82) is 0 Å². The fourth-order valence-corrected chi connectivity index (χ4v) is 4.80. The lowest BCUT2D eigenvalue weighted by Gasteiger charge is -2.09. The molecule has 0 radical (unpaired) electrons. The van der Waals surface area contributed by atoms with E-state index in [0.717, 1.165) is 13.0 Å². The first-order chi connectivity index (χ1) is 23.9. The Hall–Kier alpha value is -0.820. The maximum Gasteiger partial charge on any atom is 0.111 e. The van der Waals surface area contributed by atoms with Crippen LogP contribution in [0.3, 0.4) is 0 Å². The van der Waals surface area contributed by atoms with E-state index in [1.807, 2.05) is 0 Å². The van der Waals surface area contributed by atoms with E-state index in [2.05, 4.69) is 13.5 Å². The van der Waals surface area contributed by atoms with Crippen molar-refractivity contribution in [2.45, 2.75) is 110 Å². The van der Waals surface area contributed by atoms with E-state index < -0.39 is 0 Å². The fourth-order valence-electron chi connectivity index (χ4n) is 4.80. The third-order valence-electron chi connectivity index (χ3n) is 7.58. The molecule has 0 aromatic rings. The smallest absolute Gasteiger partial charge is 0.111 e. The SMILES string of the molecule is C=COCCOCCOCCOCCOCCOCCOCCOCCOCCOCCCCCCCCCCCCCCCCCC. The lowest BCUT2D eigenvalue weighted by Crippen LogP contribution is -2.15. The maximum absolute atomic E-state index is 5.69. The van der Waals surface area contributed by atoms with Gasteiger partial charge >= 0.3 is 0 Å². The Balaban J connectivity index is 3.04. The molecule has 0 saturated carbocycles. The van der Waals surface area contributed by atoms with Crippen LogP contribution in [0.5, 0.6) is 0 Å². The van der Waals surface area contributed by atoms with Crippen molar-refractivity contribution in [3.63, 3.8) is 0 Å². The number of ether oxygens (including phenoxy) is 10. The van der Waals surface area contributed by atoms with Gasteiger partial charge in [0.1, 0.15) is 6.61 Å². The van der Waals surface area contributed by atoms with Gasteiger partial charge in [-0.1, -0.05) is 110 Å². The Morgan fingerprint density at radius 3 is 0.729 bits per heavy atom. The summed E-state index contributed by atoms with van der Waals surface area (Å²) in [4.78, 5) is 0. The van der Waals surface area contributed by atoms with Crippen molar-refractivity contribution in [2.75, 3.05) is 126 Å². The van der Waals surface area contributed by atoms with E-state index in [4.69, 9.17) is 47.4 Å². The van der Waals surface area contributed by atoms with Gasteiger partial charge in [-0.25, -0.2) is 0 Å². The number of hydrogen-bond donors (Lipinski definition) is 0. The lowest BCUT2D eigenvalue weighted by atomic mass is 10.0. The summed E-state index contributed by atoms with van der Waals surface area (Å²) in [6.07, 6.45) is 23.6. The van der Waals surface area contributed by atoms with Gasteiger partial charge < -0.3 is 47.4 Å². The average Bonchev–Trinajstić information content (AvgIpc) is 3.10. The van der Waals surface area contributed by atoms with Crippen LogP contribution in [0, 0.1) is 0 Å². The summed E-state index contributed by atoms with van der Waals surface area (Å²) in [6, 6.07) is 0. The molecule has 0 atom stereocenters. The quantitative estimate of drug-likeness (QED) is 0.0471. The monoisotopic (exact) mass is 693 g/mol. The van der Waals surface area contributed by atoms with Crippen LogP contribution in [0.1, 0.15) is 110 Å². The zero-order valence-corrected chi connectivity index (χ0v) is 31.1. The molecule has 0 rings (SSSR count). The minimum absolute atomic E-state index is 0.508. The standard InChI is InChI=1S/C38H76O10/c1-3-5-6-7-8-9-10-11-12-13-14-15-16-17-18-19-20-40-23-24-42-27-28-44-31-32-46-35-36-48-38-37-47-34-33-45-30-29-43-26-25-41-22-21-39-4-2/h4H,2-3,5-38H2,1H3. The Morgan fingerprint density at radius 2 is 0.479 bits per heavy atom. The molecular formula is C38H76O10. The van der Waals surface area contributed by atoms with Crippen LogP contribution in [0.15, 0.2) is 12.8 Å². The fraction of sp³-hybridized carbons (Fsp3) is 0.947. The largest absolute Gasteiger partial charge is 0.499 e. The minimum Gasteiger partial charge on any atom is -0.499 e. The van der Waals surface area contributed by atoms with Crippen molar-refractivity contribution in [3.8, 4) is 0 Å². The Morgan fingerprint density at radius 1 is 0.271 bits per heavy atom. The van der Waals surface area contributed by atoms with Crippen LogP contribution in [0.4, 0.5) is 0 Å². The molecule has 0 aromatic carbocycles. The molecule has 0 amide bonds. The third-order valence-corrected chi connectivity index (χ3v) is 7.58. The predicted molar refractivity (Wildman–Crippen MR) is 193 cm³/mol. The van der Waals surface area contributed by atoms with E-state index in [1.165, 1.54) is 103 Å². The Labute approximate surface area is 295 Å². The summed E-state index contributed by atoms with van der Waals surface area (Å²) < 4.78 is 54.4. The first kappa shape index (κ1) is 47.2. The van der Waals surface area contributed by atoms with Gasteiger partial charge in [-0.05, 0) is 6.42 Å².